The minimum Gasteiger partial charge on any atom is -0.493 e. The molecule has 1 heterocycles. The van der Waals surface area contributed by atoms with Gasteiger partial charge in [-0.2, -0.15) is 0 Å². The summed E-state index contributed by atoms with van der Waals surface area (Å²) in [6.07, 6.45) is 2.63. The smallest absolute Gasteiger partial charge is 0.262 e. The number of hydrogen-bond donors (Lipinski definition) is 2. The van der Waals surface area contributed by atoms with E-state index >= 15 is 0 Å². The number of nitrogens with one attached hydrogen (secondary N) is 2. The van der Waals surface area contributed by atoms with Crippen LogP contribution in [0.15, 0.2) is 65.8 Å². The van der Waals surface area contributed by atoms with Crippen molar-refractivity contribution < 1.29 is 22.7 Å². The molecule has 156 valence electrons. The third-order valence-electron chi connectivity index (χ3n) is 4.00. The lowest BCUT2D eigenvalue weighted by Crippen LogP contribution is -2.16. The fourth-order valence-corrected chi connectivity index (χ4v) is 3.83. The van der Waals surface area contributed by atoms with Gasteiger partial charge in [0.15, 0.2) is 11.5 Å². The fraction of sp³-hybridized carbons (Fsp3) is 0.100. The molecule has 1 amide bonds. The number of carbonyl (C=O) groups is 1. The highest BCUT2D eigenvalue weighted by Gasteiger charge is 2.18. The summed E-state index contributed by atoms with van der Waals surface area (Å²) in [5, 5.41) is 3.15. The van der Waals surface area contributed by atoms with E-state index in [4.69, 9.17) is 21.1 Å². The Kier molecular flexibility index (Phi) is 6.43. The highest BCUT2D eigenvalue weighted by Crippen LogP contribution is 2.30. The summed E-state index contributed by atoms with van der Waals surface area (Å²) in [6, 6.07) is 12.2. The molecule has 0 bridgehead atoms. The zero-order chi connectivity index (χ0) is 21.7. The third-order valence-corrected chi connectivity index (χ3v) is 5.61. The number of aromatic nitrogens is 1. The van der Waals surface area contributed by atoms with Gasteiger partial charge in [-0.3, -0.25) is 14.5 Å². The molecule has 2 N–H and O–H groups in total. The van der Waals surface area contributed by atoms with Crippen molar-refractivity contribution in [2.45, 2.75) is 4.90 Å². The van der Waals surface area contributed by atoms with Crippen molar-refractivity contribution in [3.05, 3.63) is 71.5 Å². The Labute approximate surface area is 178 Å². The maximum absolute atomic E-state index is 12.7. The number of benzene rings is 2. The predicted octanol–water partition coefficient (Wildman–Crippen LogP) is 3.81. The van der Waals surface area contributed by atoms with Gasteiger partial charge in [0.05, 0.1) is 36.6 Å². The SMILES string of the molecule is COc1ccc(S(=O)(=O)Nc2cncc(C(=O)Nc3cccc(Cl)c3)c2)cc1OC. The van der Waals surface area contributed by atoms with E-state index in [1.165, 1.54) is 50.9 Å². The number of amides is 1. The molecule has 0 saturated carbocycles. The zero-order valence-electron chi connectivity index (χ0n) is 16.0. The number of carbonyl (C=O) groups excluding carboxylic acids is 1. The van der Waals surface area contributed by atoms with Crippen LogP contribution in [0.3, 0.4) is 0 Å². The maximum atomic E-state index is 12.7. The molecule has 0 fully saturated rings. The summed E-state index contributed by atoms with van der Waals surface area (Å²) >= 11 is 5.91. The second-order valence-corrected chi connectivity index (χ2v) is 8.17. The number of anilines is 2. The largest absolute Gasteiger partial charge is 0.493 e. The Balaban J connectivity index is 1.81. The number of rotatable bonds is 7. The van der Waals surface area contributed by atoms with Crippen molar-refractivity contribution in [2.24, 2.45) is 0 Å². The lowest BCUT2D eigenvalue weighted by molar-refractivity contribution is 0.102. The monoisotopic (exact) mass is 447 g/mol. The highest BCUT2D eigenvalue weighted by molar-refractivity contribution is 7.92. The Morgan fingerprint density at radius 3 is 2.43 bits per heavy atom. The first-order valence-electron chi connectivity index (χ1n) is 8.59. The first-order chi connectivity index (χ1) is 14.3. The minimum absolute atomic E-state index is 0.0334. The Hall–Kier alpha value is -3.30. The van der Waals surface area contributed by atoms with E-state index in [1.54, 1.807) is 24.3 Å². The van der Waals surface area contributed by atoms with E-state index in [-0.39, 0.29) is 21.9 Å². The molecule has 0 atom stereocenters. The molecule has 0 aliphatic rings. The molecule has 3 rings (SSSR count). The Morgan fingerprint density at radius 2 is 1.73 bits per heavy atom. The van der Waals surface area contributed by atoms with Gasteiger partial charge < -0.3 is 14.8 Å². The molecule has 0 saturated heterocycles. The molecule has 0 radical (unpaired) electrons. The van der Waals surface area contributed by atoms with E-state index < -0.39 is 15.9 Å². The number of sulfonamides is 1. The van der Waals surface area contributed by atoms with Gasteiger partial charge in [0.25, 0.3) is 15.9 Å². The summed E-state index contributed by atoms with van der Waals surface area (Å²) in [6.45, 7) is 0. The molecule has 0 unspecified atom stereocenters. The predicted molar refractivity (Wildman–Crippen MR) is 114 cm³/mol. The summed E-state index contributed by atoms with van der Waals surface area (Å²) in [7, 11) is -1.09. The van der Waals surface area contributed by atoms with Gasteiger partial charge in [-0.15, -0.1) is 0 Å². The zero-order valence-corrected chi connectivity index (χ0v) is 17.6. The number of pyridine rings is 1. The van der Waals surface area contributed by atoms with Crippen molar-refractivity contribution >= 4 is 38.9 Å². The molecule has 3 aromatic rings. The van der Waals surface area contributed by atoms with Crippen LogP contribution in [0.25, 0.3) is 0 Å². The third kappa shape index (κ3) is 5.00. The Bertz CT molecular complexity index is 1180. The number of nitrogens with zero attached hydrogens (tertiary/aromatic N) is 1. The van der Waals surface area contributed by atoms with E-state index in [9.17, 15) is 13.2 Å². The van der Waals surface area contributed by atoms with Crippen molar-refractivity contribution in [3.63, 3.8) is 0 Å². The lowest BCUT2D eigenvalue weighted by Gasteiger charge is -2.12. The van der Waals surface area contributed by atoms with Crippen LogP contribution < -0.4 is 19.5 Å². The average Bonchev–Trinajstić information content (AvgIpc) is 2.73. The minimum atomic E-state index is -3.95. The van der Waals surface area contributed by atoms with Gasteiger partial charge in [0.1, 0.15) is 0 Å². The van der Waals surface area contributed by atoms with Crippen molar-refractivity contribution in [2.75, 3.05) is 24.3 Å². The summed E-state index contributed by atoms with van der Waals surface area (Å²) in [5.41, 5.74) is 0.801. The molecule has 2 aromatic carbocycles. The van der Waals surface area contributed by atoms with Gasteiger partial charge in [-0.05, 0) is 36.4 Å². The van der Waals surface area contributed by atoms with Crippen molar-refractivity contribution in [1.29, 1.82) is 0 Å². The topological polar surface area (TPSA) is 107 Å². The Morgan fingerprint density at radius 1 is 0.967 bits per heavy atom. The van der Waals surface area contributed by atoms with Gasteiger partial charge in [0.2, 0.25) is 0 Å². The second-order valence-electron chi connectivity index (χ2n) is 6.05. The molecular weight excluding hydrogens is 430 g/mol. The van der Waals surface area contributed by atoms with Crippen LogP contribution in [0, 0.1) is 0 Å². The molecule has 0 aliphatic carbocycles. The van der Waals surface area contributed by atoms with Crippen LogP contribution in [0.5, 0.6) is 11.5 Å². The first-order valence-corrected chi connectivity index (χ1v) is 10.5. The number of halogens is 1. The molecule has 10 heteroatoms. The highest BCUT2D eigenvalue weighted by atomic mass is 35.5. The number of methoxy groups -OCH3 is 2. The van der Waals surface area contributed by atoms with Crippen LogP contribution in [-0.2, 0) is 10.0 Å². The molecule has 0 spiro atoms. The average molecular weight is 448 g/mol. The van der Waals surface area contributed by atoms with Crippen molar-refractivity contribution in [1.82, 2.24) is 4.98 Å². The van der Waals surface area contributed by atoms with Crippen LogP contribution in [0.2, 0.25) is 5.02 Å². The molecule has 8 nitrogen and oxygen atoms in total. The first kappa shape index (κ1) is 21.4. The van der Waals surface area contributed by atoms with Crippen LogP contribution in [0.1, 0.15) is 10.4 Å². The van der Waals surface area contributed by atoms with Crippen LogP contribution in [-0.4, -0.2) is 33.5 Å². The van der Waals surface area contributed by atoms with Gasteiger partial charge >= 0.3 is 0 Å². The summed E-state index contributed by atoms with van der Waals surface area (Å²) in [4.78, 5) is 16.4. The number of ether oxygens (including phenoxy) is 2. The maximum Gasteiger partial charge on any atom is 0.262 e. The van der Waals surface area contributed by atoms with E-state index in [2.05, 4.69) is 15.0 Å². The quantitative estimate of drug-likeness (QED) is 0.570. The molecule has 30 heavy (non-hydrogen) atoms. The van der Waals surface area contributed by atoms with Crippen molar-refractivity contribution in [3.8, 4) is 11.5 Å². The lowest BCUT2D eigenvalue weighted by atomic mass is 10.2. The second kappa shape index (κ2) is 9.02. The number of hydrogen-bond acceptors (Lipinski definition) is 6. The summed E-state index contributed by atoms with van der Waals surface area (Å²) in [5.74, 6) is 0.211. The molecule has 0 aliphatic heterocycles. The van der Waals surface area contributed by atoms with E-state index in [1.807, 2.05) is 0 Å². The summed E-state index contributed by atoms with van der Waals surface area (Å²) < 4.78 is 38.1. The normalized spacial score (nSPS) is 10.9. The van der Waals surface area contributed by atoms with Crippen LogP contribution in [0.4, 0.5) is 11.4 Å². The molecule has 1 aromatic heterocycles. The van der Waals surface area contributed by atoms with E-state index in [0.717, 1.165) is 0 Å². The van der Waals surface area contributed by atoms with Gasteiger partial charge in [-0.1, -0.05) is 17.7 Å². The standard InChI is InChI=1S/C20H18ClN3O5S/c1-28-18-7-6-17(10-19(18)29-2)30(26,27)24-16-8-13(11-22-12-16)20(25)23-15-5-3-4-14(21)9-15/h3-12,24H,1-2H3,(H,23,25). The molecular formula is C20H18ClN3O5S. The van der Waals surface area contributed by atoms with E-state index in [0.29, 0.717) is 16.5 Å². The van der Waals surface area contributed by atoms with Gasteiger partial charge in [-0.25, -0.2) is 8.42 Å². The fourth-order valence-electron chi connectivity index (χ4n) is 2.59. The van der Waals surface area contributed by atoms with Gasteiger partial charge in [0, 0.05) is 23.0 Å². The van der Waals surface area contributed by atoms with Crippen LogP contribution >= 0.6 is 11.6 Å².